The van der Waals surface area contributed by atoms with E-state index in [9.17, 15) is 0 Å². The summed E-state index contributed by atoms with van der Waals surface area (Å²) in [6, 6.07) is 9.48. The molecule has 0 amide bonds. The van der Waals surface area contributed by atoms with Gasteiger partial charge in [0.15, 0.2) is 0 Å². The molecule has 2 rings (SSSR count). The average molecular weight is 345 g/mol. The fourth-order valence-corrected chi connectivity index (χ4v) is 2.48. The van der Waals surface area contributed by atoms with Crippen LogP contribution in [0.15, 0.2) is 39.2 Å². The molecule has 2 aromatic rings. The van der Waals surface area contributed by atoms with Crippen molar-refractivity contribution in [1.29, 1.82) is 0 Å². The molecular formula is C14H15BrClNO2. The van der Waals surface area contributed by atoms with Gasteiger partial charge < -0.3 is 14.8 Å². The Morgan fingerprint density at radius 1 is 1.37 bits per heavy atom. The van der Waals surface area contributed by atoms with Gasteiger partial charge in [0, 0.05) is 16.6 Å². The number of nitrogens with one attached hydrogen (secondary N) is 1. The molecule has 0 bridgehead atoms. The van der Waals surface area contributed by atoms with Gasteiger partial charge in [-0.05, 0) is 37.3 Å². The summed E-state index contributed by atoms with van der Waals surface area (Å²) in [6.45, 7) is 2.86. The summed E-state index contributed by atoms with van der Waals surface area (Å²) in [5, 5.41) is 12.9. The normalized spacial score (nSPS) is 12.6. The average Bonchev–Trinajstić information content (AvgIpc) is 2.77. The van der Waals surface area contributed by atoms with Crippen LogP contribution in [0.25, 0.3) is 11.3 Å². The van der Waals surface area contributed by atoms with Gasteiger partial charge in [-0.3, -0.25) is 0 Å². The standard InChI is InChI=1S/C14H15BrClNO2/c1-9(18)7-17-8-11-3-5-14(19-11)12-4-2-10(15)6-13(12)16/h2-6,9,17-18H,7-8H2,1H3/t9-/m0/s1. The van der Waals surface area contributed by atoms with Gasteiger partial charge in [0.1, 0.15) is 11.5 Å². The Morgan fingerprint density at radius 2 is 2.16 bits per heavy atom. The summed E-state index contributed by atoms with van der Waals surface area (Å²) in [7, 11) is 0. The van der Waals surface area contributed by atoms with Crippen molar-refractivity contribution in [2.75, 3.05) is 6.54 Å². The van der Waals surface area contributed by atoms with E-state index in [4.69, 9.17) is 21.1 Å². The largest absolute Gasteiger partial charge is 0.460 e. The zero-order valence-electron chi connectivity index (χ0n) is 10.5. The number of halogens is 2. The molecule has 1 aromatic heterocycles. The van der Waals surface area contributed by atoms with Crippen LogP contribution in [0.1, 0.15) is 12.7 Å². The molecule has 0 spiro atoms. The monoisotopic (exact) mass is 343 g/mol. The Hall–Kier alpha value is -0.810. The van der Waals surface area contributed by atoms with Crippen molar-refractivity contribution in [1.82, 2.24) is 5.32 Å². The summed E-state index contributed by atoms with van der Waals surface area (Å²) in [6.07, 6.45) is -0.365. The number of rotatable bonds is 5. The van der Waals surface area contributed by atoms with Gasteiger partial charge in [0.05, 0.1) is 17.7 Å². The van der Waals surface area contributed by atoms with E-state index < -0.39 is 0 Å². The summed E-state index contributed by atoms with van der Waals surface area (Å²) >= 11 is 9.55. The van der Waals surface area contributed by atoms with Gasteiger partial charge in [-0.1, -0.05) is 27.5 Å². The summed E-state index contributed by atoms with van der Waals surface area (Å²) in [5.41, 5.74) is 0.867. The number of aliphatic hydroxyl groups is 1. The lowest BCUT2D eigenvalue weighted by Gasteiger charge is -2.05. The van der Waals surface area contributed by atoms with Crippen LogP contribution < -0.4 is 5.32 Å². The Morgan fingerprint density at radius 3 is 2.84 bits per heavy atom. The van der Waals surface area contributed by atoms with Crippen LogP contribution in [-0.2, 0) is 6.54 Å². The van der Waals surface area contributed by atoms with Crippen LogP contribution in [0.5, 0.6) is 0 Å². The van der Waals surface area contributed by atoms with Crippen molar-refractivity contribution >= 4 is 27.5 Å². The molecule has 0 aliphatic heterocycles. The molecule has 19 heavy (non-hydrogen) atoms. The van der Waals surface area contributed by atoms with Crippen molar-refractivity contribution in [3.05, 3.63) is 45.6 Å². The molecule has 1 aromatic carbocycles. The molecule has 0 radical (unpaired) electrons. The van der Waals surface area contributed by atoms with E-state index in [2.05, 4.69) is 21.2 Å². The molecule has 0 saturated carbocycles. The van der Waals surface area contributed by atoms with Gasteiger partial charge in [0.25, 0.3) is 0 Å². The van der Waals surface area contributed by atoms with Crippen LogP contribution in [0.3, 0.4) is 0 Å². The molecule has 3 nitrogen and oxygen atoms in total. The Bertz CT molecular complexity index is 554. The van der Waals surface area contributed by atoms with Gasteiger partial charge in [-0.25, -0.2) is 0 Å². The molecule has 0 fully saturated rings. The lowest BCUT2D eigenvalue weighted by atomic mass is 10.2. The molecule has 1 heterocycles. The number of aliphatic hydroxyl groups excluding tert-OH is 1. The smallest absolute Gasteiger partial charge is 0.135 e. The number of furan rings is 1. The predicted molar refractivity (Wildman–Crippen MR) is 80.2 cm³/mol. The van der Waals surface area contributed by atoms with Crippen LogP contribution >= 0.6 is 27.5 Å². The van der Waals surface area contributed by atoms with Crippen LogP contribution in [0.4, 0.5) is 0 Å². The highest BCUT2D eigenvalue weighted by atomic mass is 79.9. The minimum absolute atomic E-state index is 0.365. The Kier molecular flexibility index (Phi) is 5.05. The molecule has 2 N–H and O–H groups in total. The van der Waals surface area contributed by atoms with Gasteiger partial charge in [-0.15, -0.1) is 0 Å². The quantitative estimate of drug-likeness (QED) is 0.866. The van der Waals surface area contributed by atoms with Gasteiger partial charge >= 0.3 is 0 Å². The molecule has 0 unspecified atom stereocenters. The first-order valence-electron chi connectivity index (χ1n) is 5.99. The summed E-state index contributed by atoms with van der Waals surface area (Å²) in [4.78, 5) is 0. The lowest BCUT2D eigenvalue weighted by molar-refractivity contribution is 0.190. The maximum atomic E-state index is 9.16. The first-order chi connectivity index (χ1) is 9.06. The summed E-state index contributed by atoms with van der Waals surface area (Å²) in [5.74, 6) is 1.56. The number of hydrogen-bond donors (Lipinski definition) is 2. The van der Waals surface area contributed by atoms with Crippen LogP contribution in [-0.4, -0.2) is 17.8 Å². The highest BCUT2D eigenvalue weighted by molar-refractivity contribution is 9.10. The van der Waals surface area contributed by atoms with Crippen molar-refractivity contribution in [2.24, 2.45) is 0 Å². The third kappa shape index (κ3) is 4.08. The second kappa shape index (κ2) is 6.57. The van der Waals surface area contributed by atoms with Gasteiger partial charge in [0.2, 0.25) is 0 Å². The maximum Gasteiger partial charge on any atom is 0.135 e. The van der Waals surface area contributed by atoms with E-state index >= 15 is 0 Å². The van der Waals surface area contributed by atoms with Crippen molar-refractivity contribution in [2.45, 2.75) is 19.6 Å². The number of benzene rings is 1. The summed E-state index contributed by atoms with van der Waals surface area (Å²) < 4.78 is 6.67. The fraction of sp³-hybridized carbons (Fsp3) is 0.286. The second-order valence-electron chi connectivity index (χ2n) is 4.37. The molecule has 1 atom stereocenters. The van der Waals surface area contributed by atoms with Crippen molar-refractivity contribution in [3.63, 3.8) is 0 Å². The zero-order chi connectivity index (χ0) is 13.8. The zero-order valence-corrected chi connectivity index (χ0v) is 12.8. The maximum absolute atomic E-state index is 9.16. The van der Waals surface area contributed by atoms with Gasteiger partial charge in [-0.2, -0.15) is 0 Å². The van der Waals surface area contributed by atoms with E-state index in [1.165, 1.54) is 0 Å². The van der Waals surface area contributed by atoms with E-state index in [-0.39, 0.29) is 6.10 Å². The third-order valence-corrected chi connectivity index (χ3v) is 3.40. The van der Waals surface area contributed by atoms with E-state index in [0.29, 0.717) is 18.1 Å². The molecular weight excluding hydrogens is 330 g/mol. The van der Waals surface area contributed by atoms with Crippen LogP contribution in [0, 0.1) is 0 Å². The Labute approximate surface area is 125 Å². The molecule has 0 aliphatic carbocycles. The van der Waals surface area contributed by atoms with Crippen molar-refractivity contribution < 1.29 is 9.52 Å². The lowest BCUT2D eigenvalue weighted by Crippen LogP contribution is -2.23. The minimum atomic E-state index is -0.365. The topological polar surface area (TPSA) is 45.4 Å². The van der Waals surface area contributed by atoms with E-state index in [0.717, 1.165) is 21.6 Å². The van der Waals surface area contributed by atoms with Crippen LogP contribution in [0.2, 0.25) is 5.02 Å². The Balaban J connectivity index is 2.08. The highest BCUT2D eigenvalue weighted by Crippen LogP contribution is 2.31. The highest BCUT2D eigenvalue weighted by Gasteiger charge is 2.09. The molecule has 102 valence electrons. The fourth-order valence-electron chi connectivity index (χ4n) is 1.71. The molecule has 5 heteroatoms. The molecule has 0 aliphatic rings. The first-order valence-corrected chi connectivity index (χ1v) is 7.16. The van der Waals surface area contributed by atoms with E-state index in [1.54, 1.807) is 6.92 Å². The first kappa shape index (κ1) is 14.6. The van der Waals surface area contributed by atoms with E-state index in [1.807, 2.05) is 30.3 Å². The number of hydrogen-bond acceptors (Lipinski definition) is 3. The third-order valence-electron chi connectivity index (χ3n) is 2.60. The molecule has 0 saturated heterocycles. The SMILES string of the molecule is C[C@H](O)CNCc1ccc(-c2ccc(Br)cc2Cl)o1. The van der Waals surface area contributed by atoms with Crippen molar-refractivity contribution in [3.8, 4) is 11.3 Å². The minimum Gasteiger partial charge on any atom is -0.460 e. The predicted octanol–water partition coefficient (Wildman–Crippen LogP) is 3.83. The second-order valence-corrected chi connectivity index (χ2v) is 5.69.